The molecule has 1 fully saturated rings. The van der Waals surface area contributed by atoms with E-state index in [1.807, 2.05) is 0 Å². The Kier molecular flexibility index (Phi) is 4.20. The number of nitrogens with zero attached hydrogens (tertiary/aromatic N) is 4. The van der Waals surface area contributed by atoms with Gasteiger partial charge in [-0.3, -0.25) is 0 Å². The highest BCUT2D eigenvalue weighted by atomic mass is 35.5. The summed E-state index contributed by atoms with van der Waals surface area (Å²) in [4.78, 5) is 13.1. The molecule has 1 atom stereocenters. The third kappa shape index (κ3) is 3.52. The van der Waals surface area contributed by atoms with E-state index in [1.54, 1.807) is 6.07 Å². The number of halogens is 2. The minimum Gasteiger partial charge on any atom is -0.304 e. The Morgan fingerprint density at radius 3 is 2.53 bits per heavy atom. The Morgan fingerprint density at radius 1 is 1.24 bits per heavy atom. The predicted molar refractivity (Wildman–Crippen MR) is 69.7 cm³/mol. The molecule has 0 bridgehead atoms. The Labute approximate surface area is 112 Å². The molecule has 1 aromatic heterocycles. The summed E-state index contributed by atoms with van der Waals surface area (Å²) in [6.45, 7) is 3.18. The monoisotopic (exact) mass is 274 g/mol. The van der Waals surface area contributed by atoms with Crippen molar-refractivity contribution in [3.8, 4) is 0 Å². The van der Waals surface area contributed by atoms with E-state index in [0.717, 1.165) is 31.9 Å². The zero-order valence-electron chi connectivity index (χ0n) is 10.0. The summed E-state index contributed by atoms with van der Waals surface area (Å²) in [6, 6.07) is 1.98. The Bertz CT molecular complexity index is 379. The van der Waals surface area contributed by atoms with Gasteiger partial charge in [0.25, 0.3) is 0 Å². The first-order chi connectivity index (χ1) is 8.04. The molecule has 0 saturated carbocycles. The maximum Gasteiger partial charge on any atom is 0.134 e. The standard InChI is InChI=1S/C11H16Cl2N4/c1-16-3-4-17(2)8(7-16)5-11-14-9(12)6-10(13)15-11/h6,8H,3-5,7H2,1-2H3. The molecule has 0 aliphatic carbocycles. The van der Waals surface area contributed by atoms with Gasteiger partial charge in [0.2, 0.25) is 0 Å². The summed E-state index contributed by atoms with van der Waals surface area (Å²) < 4.78 is 0. The third-order valence-corrected chi connectivity index (χ3v) is 3.50. The first-order valence-electron chi connectivity index (χ1n) is 5.62. The van der Waals surface area contributed by atoms with Crippen LogP contribution in [0.5, 0.6) is 0 Å². The quantitative estimate of drug-likeness (QED) is 0.767. The zero-order chi connectivity index (χ0) is 12.4. The molecule has 0 radical (unpaired) electrons. The number of hydrogen-bond acceptors (Lipinski definition) is 4. The zero-order valence-corrected chi connectivity index (χ0v) is 11.5. The van der Waals surface area contributed by atoms with Crippen LogP contribution in [0.3, 0.4) is 0 Å². The normalized spacial score (nSPS) is 22.9. The minimum absolute atomic E-state index is 0.409. The van der Waals surface area contributed by atoms with E-state index in [-0.39, 0.29) is 0 Å². The van der Waals surface area contributed by atoms with Crippen molar-refractivity contribution in [2.45, 2.75) is 12.5 Å². The SMILES string of the molecule is CN1CCN(C)C(Cc2nc(Cl)cc(Cl)n2)C1. The molecule has 94 valence electrons. The molecule has 1 aromatic rings. The number of hydrogen-bond donors (Lipinski definition) is 0. The Balaban J connectivity index is 2.08. The second-order valence-electron chi connectivity index (χ2n) is 4.53. The number of piperazine rings is 1. The van der Waals surface area contributed by atoms with Gasteiger partial charge in [-0.2, -0.15) is 0 Å². The lowest BCUT2D eigenvalue weighted by atomic mass is 10.1. The lowest BCUT2D eigenvalue weighted by Crippen LogP contribution is -2.50. The van der Waals surface area contributed by atoms with Crippen LogP contribution in [0.25, 0.3) is 0 Å². The van der Waals surface area contributed by atoms with Gasteiger partial charge in [0.15, 0.2) is 0 Å². The van der Waals surface area contributed by atoms with Crippen molar-refractivity contribution in [2.24, 2.45) is 0 Å². The van der Waals surface area contributed by atoms with E-state index in [0.29, 0.717) is 16.3 Å². The summed E-state index contributed by atoms with van der Waals surface area (Å²) in [7, 11) is 4.26. The number of aromatic nitrogens is 2. The number of likely N-dealkylation sites (N-methyl/N-ethyl adjacent to an activating group) is 2. The van der Waals surface area contributed by atoms with Gasteiger partial charge < -0.3 is 9.80 Å². The fraction of sp³-hybridized carbons (Fsp3) is 0.636. The van der Waals surface area contributed by atoms with E-state index in [2.05, 4.69) is 33.9 Å². The van der Waals surface area contributed by atoms with Gasteiger partial charge in [-0.05, 0) is 14.1 Å². The van der Waals surface area contributed by atoms with Crippen LogP contribution in [-0.2, 0) is 6.42 Å². The van der Waals surface area contributed by atoms with Crippen molar-refractivity contribution in [1.29, 1.82) is 0 Å². The minimum atomic E-state index is 0.409. The van der Waals surface area contributed by atoms with Crippen LogP contribution >= 0.6 is 23.2 Å². The van der Waals surface area contributed by atoms with Crippen molar-refractivity contribution in [1.82, 2.24) is 19.8 Å². The molecule has 0 N–H and O–H groups in total. The molecule has 1 saturated heterocycles. The highest BCUT2D eigenvalue weighted by Crippen LogP contribution is 2.15. The van der Waals surface area contributed by atoms with Gasteiger partial charge >= 0.3 is 0 Å². The van der Waals surface area contributed by atoms with E-state index in [1.165, 1.54) is 0 Å². The molecule has 2 heterocycles. The highest BCUT2D eigenvalue weighted by Gasteiger charge is 2.23. The van der Waals surface area contributed by atoms with Gasteiger partial charge in [-0.15, -0.1) is 0 Å². The van der Waals surface area contributed by atoms with Gasteiger partial charge in [-0.25, -0.2) is 9.97 Å². The van der Waals surface area contributed by atoms with Gasteiger partial charge in [0, 0.05) is 38.2 Å². The molecule has 1 unspecified atom stereocenters. The fourth-order valence-electron chi connectivity index (χ4n) is 2.06. The molecule has 2 rings (SSSR count). The van der Waals surface area contributed by atoms with Crippen LogP contribution in [0.15, 0.2) is 6.07 Å². The molecule has 4 nitrogen and oxygen atoms in total. The molecule has 0 spiro atoms. The molecular formula is C11H16Cl2N4. The average Bonchev–Trinajstić information content (AvgIpc) is 2.22. The van der Waals surface area contributed by atoms with Crippen molar-refractivity contribution in [3.63, 3.8) is 0 Å². The van der Waals surface area contributed by atoms with Gasteiger partial charge in [0.05, 0.1) is 0 Å². The van der Waals surface area contributed by atoms with Gasteiger partial charge in [0.1, 0.15) is 16.1 Å². The van der Waals surface area contributed by atoms with Crippen molar-refractivity contribution < 1.29 is 0 Å². The van der Waals surface area contributed by atoms with E-state index >= 15 is 0 Å². The second-order valence-corrected chi connectivity index (χ2v) is 5.30. The van der Waals surface area contributed by atoms with E-state index in [4.69, 9.17) is 23.2 Å². The molecular weight excluding hydrogens is 259 g/mol. The smallest absolute Gasteiger partial charge is 0.134 e. The number of rotatable bonds is 2. The maximum atomic E-state index is 5.87. The Hall–Kier alpha value is -0.420. The van der Waals surface area contributed by atoms with Crippen LogP contribution in [0.2, 0.25) is 10.3 Å². The van der Waals surface area contributed by atoms with Gasteiger partial charge in [-0.1, -0.05) is 23.2 Å². The van der Waals surface area contributed by atoms with Crippen LogP contribution in [0.4, 0.5) is 0 Å². The van der Waals surface area contributed by atoms with E-state index in [9.17, 15) is 0 Å². The summed E-state index contributed by atoms with van der Waals surface area (Å²) in [5.41, 5.74) is 0. The van der Waals surface area contributed by atoms with Crippen molar-refractivity contribution >= 4 is 23.2 Å². The van der Waals surface area contributed by atoms with Crippen molar-refractivity contribution in [3.05, 3.63) is 22.2 Å². The van der Waals surface area contributed by atoms with Crippen molar-refractivity contribution in [2.75, 3.05) is 33.7 Å². The largest absolute Gasteiger partial charge is 0.304 e. The molecule has 1 aliphatic heterocycles. The molecule has 17 heavy (non-hydrogen) atoms. The first-order valence-corrected chi connectivity index (χ1v) is 6.38. The van der Waals surface area contributed by atoms with Crippen LogP contribution in [-0.4, -0.2) is 59.5 Å². The molecule has 6 heteroatoms. The van der Waals surface area contributed by atoms with E-state index < -0.39 is 0 Å². The Morgan fingerprint density at radius 2 is 1.88 bits per heavy atom. The van der Waals surface area contributed by atoms with Crippen LogP contribution in [0, 0.1) is 0 Å². The molecule has 0 amide bonds. The third-order valence-electron chi connectivity index (χ3n) is 3.11. The second kappa shape index (κ2) is 5.48. The molecule has 0 aromatic carbocycles. The van der Waals surface area contributed by atoms with Crippen LogP contribution < -0.4 is 0 Å². The fourth-order valence-corrected chi connectivity index (χ4v) is 2.52. The summed E-state index contributed by atoms with van der Waals surface area (Å²) in [6.07, 6.45) is 0.779. The molecule has 1 aliphatic rings. The highest BCUT2D eigenvalue weighted by molar-refractivity contribution is 6.33. The lowest BCUT2D eigenvalue weighted by Gasteiger charge is -2.37. The summed E-state index contributed by atoms with van der Waals surface area (Å²) in [5.74, 6) is 0.717. The maximum absolute atomic E-state index is 5.87. The first kappa shape index (κ1) is 13.0. The summed E-state index contributed by atoms with van der Waals surface area (Å²) in [5, 5.41) is 0.818. The predicted octanol–water partition coefficient (Wildman–Crippen LogP) is 1.57. The average molecular weight is 275 g/mol. The topological polar surface area (TPSA) is 32.3 Å². The lowest BCUT2D eigenvalue weighted by molar-refractivity contribution is 0.113. The van der Waals surface area contributed by atoms with Crippen LogP contribution in [0.1, 0.15) is 5.82 Å². The summed E-state index contributed by atoms with van der Waals surface area (Å²) >= 11 is 11.7.